The van der Waals surface area contributed by atoms with Gasteiger partial charge in [-0.3, -0.25) is 24.2 Å². The fraction of sp³-hybridized carbons (Fsp3) is 0.344. The molecule has 3 aromatic rings. The number of para-hydroxylation sites is 1. The first-order chi connectivity index (χ1) is 20.3. The fourth-order valence-electron chi connectivity index (χ4n) is 4.69. The van der Waals surface area contributed by atoms with Crippen LogP contribution in [0.2, 0.25) is 0 Å². The minimum atomic E-state index is -1.18. The Morgan fingerprint density at radius 1 is 0.952 bits per heavy atom. The summed E-state index contributed by atoms with van der Waals surface area (Å²) in [4.78, 5) is 57.5. The molecule has 0 aliphatic carbocycles. The normalized spacial score (nSPS) is 19.8. The molecule has 0 unspecified atom stereocenters. The topological polar surface area (TPSA) is 139 Å². The molecule has 4 N–H and O–H groups in total. The Morgan fingerprint density at radius 2 is 1.69 bits per heavy atom. The number of nitrogens with one attached hydrogen (secondary N) is 4. The van der Waals surface area contributed by atoms with E-state index in [0.29, 0.717) is 18.6 Å². The Balaban J connectivity index is 1.57. The molecule has 10 nitrogen and oxygen atoms in total. The molecule has 0 fully saturated rings. The molecule has 4 amide bonds. The summed E-state index contributed by atoms with van der Waals surface area (Å²) in [6.07, 6.45) is 2.29. The van der Waals surface area contributed by atoms with Crippen molar-refractivity contribution in [1.82, 2.24) is 26.3 Å². The zero-order chi connectivity index (χ0) is 29.9. The van der Waals surface area contributed by atoms with Crippen LogP contribution < -0.4 is 26.0 Å². The summed E-state index contributed by atoms with van der Waals surface area (Å²) < 4.78 is 6.09. The number of nitrogens with zero attached hydrogens (tertiary/aromatic N) is 1. The van der Waals surface area contributed by atoms with E-state index >= 15 is 0 Å². The van der Waals surface area contributed by atoms with Gasteiger partial charge in [-0.05, 0) is 42.2 Å². The molecule has 1 aromatic heterocycles. The molecule has 0 radical (unpaired) electrons. The van der Waals surface area contributed by atoms with Crippen molar-refractivity contribution in [2.24, 2.45) is 5.92 Å². The standard InChI is InChI=1S/C32H37N5O5/c1-21(2)29-32(41)35-24(18-22-10-4-3-5-11-22)20-42-27-14-7-6-13-25(27)30(39)36-26(19-28(38)37-29)31(40)34-17-15-23-12-8-9-16-33-23/h3-14,16,21,24,26,29H,15,17-20H2,1-2H3,(H,34,40)(H,35,41)(H,36,39)(H,37,38)/t24-,26+,29+/m1/s1. The third-order valence-corrected chi connectivity index (χ3v) is 6.93. The maximum atomic E-state index is 13.4. The van der Waals surface area contributed by atoms with Gasteiger partial charge in [0.2, 0.25) is 17.7 Å². The van der Waals surface area contributed by atoms with Crippen molar-refractivity contribution in [2.45, 2.75) is 51.2 Å². The molecule has 220 valence electrons. The van der Waals surface area contributed by atoms with Gasteiger partial charge < -0.3 is 26.0 Å². The second-order valence-electron chi connectivity index (χ2n) is 10.6. The number of rotatable bonds is 7. The minimum absolute atomic E-state index is 0.0844. The van der Waals surface area contributed by atoms with Gasteiger partial charge in [-0.25, -0.2) is 0 Å². The van der Waals surface area contributed by atoms with E-state index in [1.165, 1.54) is 0 Å². The van der Waals surface area contributed by atoms with Gasteiger partial charge in [-0.2, -0.15) is 0 Å². The first-order valence-electron chi connectivity index (χ1n) is 14.1. The summed E-state index contributed by atoms with van der Waals surface area (Å²) in [5.41, 5.74) is 2.01. The predicted octanol–water partition coefficient (Wildman–Crippen LogP) is 2.19. The van der Waals surface area contributed by atoms with Crippen molar-refractivity contribution < 1.29 is 23.9 Å². The van der Waals surface area contributed by atoms with E-state index in [1.807, 2.05) is 56.3 Å². The second-order valence-corrected chi connectivity index (χ2v) is 10.6. The number of aromatic nitrogens is 1. The van der Waals surface area contributed by atoms with Crippen LogP contribution in [0.25, 0.3) is 0 Å². The van der Waals surface area contributed by atoms with E-state index in [1.54, 1.807) is 36.5 Å². The van der Waals surface area contributed by atoms with Gasteiger partial charge in [-0.15, -0.1) is 0 Å². The first kappa shape index (κ1) is 30.2. The molecule has 3 atom stereocenters. The number of ether oxygens (including phenoxy) is 1. The molecule has 10 heteroatoms. The highest BCUT2D eigenvalue weighted by molar-refractivity contribution is 6.01. The minimum Gasteiger partial charge on any atom is -0.491 e. The van der Waals surface area contributed by atoms with Crippen LogP contribution in [0.1, 0.15) is 41.9 Å². The maximum absolute atomic E-state index is 13.4. The van der Waals surface area contributed by atoms with Crippen LogP contribution in [0, 0.1) is 5.92 Å². The Hall–Kier alpha value is -4.73. The lowest BCUT2D eigenvalue weighted by molar-refractivity contribution is -0.132. The van der Waals surface area contributed by atoms with Crippen LogP contribution in [0.5, 0.6) is 5.75 Å². The van der Waals surface area contributed by atoms with Gasteiger partial charge in [0.05, 0.1) is 18.0 Å². The van der Waals surface area contributed by atoms with Crippen molar-refractivity contribution in [2.75, 3.05) is 13.2 Å². The summed E-state index contributed by atoms with van der Waals surface area (Å²) in [5, 5.41) is 11.3. The zero-order valence-corrected chi connectivity index (χ0v) is 23.8. The molecule has 1 aliphatic heterocycles. The molecule has 2 aromatic carbocycles. The molecule has 42 heavy (non-hydrogen) atoms. The van der Waals surface area contributed by atoms with Gasteiger partial charge in [0, 0.05) is 24.9 Å². The summed E-state index contributed by atoms with van der Waals surface area (Å²) in [6.45, 7) is 4.01. The Kier molecular flexibility index (Phi) is 10.6. The lowest BCUT2D eigenvalue weighted by Gasteiger charge is -2.27. The number of hydrogen-bond acceptors (Lipinski definition) is 6. The number of carbonyl (C=O) groups is 4. The molecule has 0 saturated carbocycles. The monoisotopic (exact) mass is 571 g/mol. The van der Waals surface area contributed by atoms with Gasteiger partial charge in [0.15, 0.2) is 0 Å². The van der Waals surface area contributed by atoms with E-state index in [4.69, 9.17) is 4.74 Å². The molecule has 0 saturated heterocycles. The second kappa shape index (κ2) is 14.8. The average molecular weight is 572 g/mol. The quantitative estimate of drug-likeness (QED) is 0.343. The third-order valence-electron chi connectivity index (χ3n) is 6.93. The fourth-order valence-corrected chi connectivity index (χ4v) is 4.69. The summed E-state index contributed by atoms with van der Waals surface area (Å²) in [5.74, 6) is -1.89. The number of fused-ring (bicyclic) bond motifs is 1. The number of hydrogen-bond donors (Lipinski definition) is 4. The average Bonchev–Trinajstić information content (AvgIpc) is 2.98. The van der Waals surface area contributed by atoms with Crippen LogP contribution >= 0.6 is 0 Å². The molecule has 2 heterocycles. The van der Waals surface area contributed by atoms with Crippen molar-refractivity contribution >= 4 is 23.6 Å². The van der Waals surface area contributed by atoms with E-state index in [9.17, 15) is 19.2 Å². The molecule has 0 spiro atoms. The Labute approximate surface area is 245 Å². The number of carbonyl (C=O) groups excluding carboxylic acids is 4. The van der Waals surface area contributed by atoms with Crippen molar-refractivity contribution in [3.63, 3.8) is 0 Å². The summed E-state index contributed by atoms with van der Waals surface area (Å²) >= 11 is 0. The maximum Gasteiger partial charge on any atom is 0.255 e. The van der Waals surface area contributed by atoms with Gasteiger partial charge in [-0.1, -0.05) is 62.4 Å². The molecule has 1 aliphatic rings. The zero-order valence-electron chi connectivity index (χ0n) is 23.8. The lowest BCUT2D eigenvalue weighted by Crippen LogP contribution is -2.55. The third kappa shape index (κ3) is 8.63. The van der Waals surface area contributed by atoms with Gasteiger partial charge in [0.25, 0.3) is 5.91 Å². The van der Waals surface area contributed by atoms with Crippen molar-refractivity contribution in [3.8, 4) is 5.75 Å². The summed E-state index contributed by atoms with van der Waals surface area (Å²) in [7, 11) is 0. The number of amides is 4. The highest BCUT2D eigenvalue weighted by Gasteiger charge is 2.31. The van der Waals surface area contributed by atoms with Crippen LogP contribution in [0.4, 0.5) is 0 Å². The van der Waals surface area contributed by atoms with Crippen LogP contribution in [0.15, 0.2) is 79.0 Å². The Morgan fingerprint density at radius 3 is 2.43 bits per heavy atom. The molecular formula is C32H37N5O5. The highest BCUT2D eigenvalue weighted by atomic mass is 16.5. The largest absolute Gasteiger partial charge is 0.491 e. The van der Waals surface area contributed by atoms with E-state index < -0.39 is 35.8 Å². The van der Waals surface area contributed by atoms with E-state index in [0.717, 1.165) is 11.3 Å². The highest BCUT2D eigenvalue weighted by Crippen LogP contribution is 2.19. The molecule has 0 bridgehead atoms. The van der Waals surface area contributed by atoms with E-state index in [-0.39, 0.29) is 37.0 Å². The SMILES string of the molecule is CC(C)[C@@H]1NC(=O)C[C@@H](C(=O)NCCc2ccccn2)NC(=O)c2ccccc2OC[C@@H](Cc2ccccc2)NC1=O. The number of benzene rings is 2. The Bertz CT molecular complexity index is 1370. The van der Waals surface area contributed by atoms with Crippen LogP contribution in [-0.2, 0) is 27.2 Å². The smallest absolute Gasteiger partial charge is 0.255 e. The molecular weight excluding hydrogens is 534 g/mol. The predicted molar refractivity (Wildman–Crippen MR) is 158 cm³/mol. The van der Waals surface area contributed by atoms with Crippen molar-refractivity contribution in [3.05, 3.63) is 95.8 Å². The van der Waals surface area contributed by atoms with Crippen LogP contribution in [-0.4, -0.2) is 59.9 Å². The summed E-state index contributed by atoms with van der Waals surface area (Å²) in [6, 6.07) is 19.4. The van der Waals surface area contributed by atoms with Crippen molar-refractivity contribution in [1.29, 1.82) is 0 Å². The lowest BCUT2D eigenvalue weighted by atomic mass is 10.0. The first-order valence-corrected chi connectivity index (χ1v) is 14.1. The van der Waals surface area contributed by atoms with Gasteiger partial charge >= 0.3 is 0 Å². The van der Waals surface area contributed by atoms with Crippen LogP contribution in [0.3, 0.4) is 0 Å². The van der Waals surface area contributed by atoms with Gasteiger partial charge in [0.1, 0.15) is 24.4 Å². The van der Waals surface area contributed by atoms with E-state index in [2.05, 4.69) is 26.3 Å². The number of pyridine rings is 1. The molecule has 4 rings (SSSR count).